The number of aryl methyl sites for hydroxylation is 1. The Morgan fingerprint density at radius 2 is 2.04 bits per heavy atom. The highest BCUT2D eigenvalue weighted by atomic mass is 127. The molecule has 0 aliphatic carbocycles. The fraction of sp³-hybridized carbons (Fsp3) is 0.611. The van der Waals surface area contributed by atoms with Gasteiger partial charge < -0.3 is 20.7 Å². The lowest BCUT2D eigenvalue weighted by molar-refractivity contribution is 0.0376. The van der Waals surface area contributed by atoms with E-state index in [1.54, 1.807) is 0 Å². The number of morpholine rings is 1. The number of aliphatic imine (C=N–C) groups is 1. The number of benzene rings is 1. The van der Waals surface area contributed by atoms with Crippen molar-refractivity contribution >= 4 is 35.6 Å². The van der Waals surface area contributed by atoms with Crippen molar-refractivity contribution in [2.75, 3.05) is 58.4 Å². The van der Waals surface area contributed by atoms with Gasteiger partial charge in [0, 0.05) is 39.4 Å². The zero-order valence-electron chi connectivity index (χ0n) is 15.6. The third-order valence-corrected chi connectivity index (χ3v) is 4.20. The van der Waals surface area contributed by atoms with Crippen molar-refractivity contribution in [2.45, 2.75) is 19.9 Å². The highest BCUT2D eigenvalue weighted by Gasteiger charge is 2.09. The van der Waals surface area contributed by atoms with E-state index in [0.29, 0.717) is 12.5 Å². The summed E-state index contributed by atoms with van der Waals surface area (Å²) in [5.41, 5.74) is 9.62. The molecule has 1 fully saturated rings. The van der Waals surface area contributed by atoms with Gasteiger partial charge in [-0.1, -0.05) is 12.1 Å². The molecular weight excluding hydrogens is 429 g/mol. The molecule has 0 atom stereocenters. The van der Waals surface area contributed by atoms with Gasteiger partial charge in [-0.2, -0.15) is 0 Å². The standard InChI is InChI=1S/C18H31N5O.HI/c1-15-5-6-16(17(13-15)22(2)3)14-21-18(19)20-7-4-8-23-9-11-24-12-10-23;/h5-6,13H,4,7-12,14H2,1-3H3,(H3,19,20,21);1H. The molecule has 1 aromatic rings. The average Bonchev–Trinajstić information content (AvgIpc) is 2.58. The summed E-state index contributed by atoms with van der Waals surface area (Å²) in [7, 11) is 4.10. The van der Waals surface area contributed by atoms with E-state index in [9.17, 15) is 0 Å². The highest BCUT2D eigenvalue weighted by Crippen LogP contribution is 2.21. The third kappa shape index (κ3) is 7.79. The van der Waals surface area contributed by atoms with Crippen LogP contribution in [-0.4, -0.2) is 64.3 Å². The normalized spacial score (nSPS) is 15.6. The smallest absolute Gasteiger partial charge is 0.188 e. The molecule has 1 aromatic carbocycles. The summed E-state index contributed by atoms with van der Waals surface area (Å²) >= 11 is 0. The first-order valence-electron chi connectivity index (χ1n) is 8.67. The number of hydrogen-bond donors (Lipinski definition) is 2. The Bertz CT molecular complexity index is 544. The van der Waals surface area contributed by atoms with Crippen molar-refractivity contribution in [3.63, 3.8) is 0 Å². The van der Waals surface area contributed by atoms with E-state index in [1.165, 1.54) is 16.8 Å². The Morgan fingerprint density at radius 3 is 2.72 bits per heavy atom. The second-order valence-electron chi connectivity index (χ2n) is 6.46. The molecule has 3 N–H and O–H groups in total. The minimum atomic E-state index is 0. The largest absolute Gasteiger partial charge is 0.379 e. The van der Waals surface area contributed by atoms with Gasteiger partial charge in [0.25, 0.3) is 0 Å². The van der Waals surface area contributed by atoms with Crippen LogP contribution in [0, 0.1) is 6.92 Å². The van der Waals surface area contributed by atoms with Crippen LogP contribution in [-0.2, 0) is 11.3 Å². The van der Waals surface area contributed by atoms with Crippen molar-refractivity contribution in [1.29, 1.82) is 0 Å². The molecule has 1 saturated heterocycles. The molecule has 1 aliphatic rings. The van der Waals surface area contributed by atoms with Crippen molar-refractivity contribution in [2.24, 2.45) is 10.7 Å². The van der Waals surface area contributed by atoms with Gasteiger partial charge in [-0.05, 0) is 37.1 Å². The number of nitrogens with zero attached hydrogens (tertiary/aromatic N) is 3. The molecule has 1 aliphatic heterocycles. The number of hydrogen-bond acceptors (Lipinski definition) is 4. The van der Waals surface area contributed by atoms with Gasteiger partial charge in [0.2, 0.25) is 0 Å². The van der Waals surface area contributed by atoms with E-state index in [-0.39, 0.29) is 24.0 Å². The van der Waals surface area contributed by atoms with Crippen molar-refractivity contribution in [3.05, 3.63) is 29.3 Å². The van der Waals surface area contributed by atoms with Crippen molar-refractivity contribution in [3.8, 4) is 0 Å². The lowest BCUT2D eigenvalue weighted by Crippen LogP contribution is -2.39. The summed E-state index contributed by atoms with van der Waals surface area (Å²) in [6.07, 6.45) is 1.06. The van der Waals surface area contributed by atoms with Crippen LogP contribution in [0.4, 0.5) is 5.69 Å². The van der Waals surface area contributed by atoms with E-state index >= 15 is 0 Å². The number of halogens is 1. The molecule has 2 rings (SSSR count). The lowest BCUT2D eigenvalue weighted by Gasteiger charge is -2.26. The summed E-state index contributed by atoms with van der Waals surface area (Å²) in [4.78, 5) is 9.01. The van der Waals surface area contributed by atoms with Crippen LogP contribution in [0.1, 0.15) is 17.5 Å². The van der Waals surface area contributed by atoms with Crippen molar-refractivity contribution in [1.82, 2.24) is 10.2 Å². The van der Waals surface area contributed by atoms with Crippen LogP contribution in [0.5, 0.6) is 0 Å². The molecule has 0 spiro atoms. The minimum absolute atomic E-state index is 0. The Hall–Kier alpha value is -1.06. The molecule has 0 saturated carbocycles. The Balaban J connectivity index is 0.00000312. The Labute approximate surface area is 168 Å². The number of nitrogens with two attached hydrogens (primary N) is 1. The van der Waals surface area contributed by atoms with Crippen LogP contribution < -0.4 is 16.0 Å². The van der Waals surface area contributed by atoms with E-state index in [1.807, 2.05) is 0 Å². The summed E-state index contributed by atoms with van der Waals surface area (Å²) in [6, 6.07) is 6.42. The van der Waals surface area contributed by atoms with Gasteiger partial charge in [-0.25, -0.2) is 4.99 Å². The minimum Gasteiger partial charge on any atom is -0.379 e. The van der Waals surface area contributed by atoms with Crippen LogP contribution in [0.25, 0.3) is 0 Å². The predicted molar refractivity (Wildman–Crippen MR) is 116 cm³/mol. The first kappa shape index (κ1) is 22.0. The van der Waals surface area contributed by atoms with Crippen LogP contribution in [0.2, 0.25) is 0 Å². The van der Waals surface area contributed by atoms with E-state index in [2.05, 4.69) is 59.3 Å². The zero-order valence-corrected chi connectivity index (χ0v) is 18.0. The fourth-order valence-electron chi connectivity index (χ4n) is 2.79. The summed E-state index contributed by atoms with van der Waals surface area (Å²) in [5.74, 6) is 0.516. The van der Waals surface area contributed by atoms with E-state index in [0.717, 1.165) is 45.8 Å². The fourth-order valence-corrected chi connectivity index (χ4v) is 2.79. The highest BCUT2D eigenvalue weighted by molar-refractivity contribution is 14.0. The second-order valence-corrected chi connectivity index (χ2v) is 6.46. The van der Waals surface area contributed by atoms with Gasteiger partial charge in [-0.3, -0.25) is 4.90 Å². The van der Waals surface area contributed by atoms with E-state index < -0.39 is 0 Å². The SMILES string of the molecule is Cc1ccc(CN=C(N)NCCCN2CCOCC2)c(N(C)C)c1.I. The first-order valence-corrected chi connectivity index (χ1v) is 8.67. The molecule has 1 heterocycles. The monoisotopic (exact) mass is 461 g/mol. The molecule has 142 valence electrons. The Kier molecular flexibility index (Phi) is 10.1. The first-order chi connectivity index (χ1) is 11.6. The molecule has 25 heavy (non-hydrogen) atoms. The maximum absolute atomic E-state index is 5.99. The predicted octanol–water partition coefficient (Wildman–Crippen LogP) is 1.81. The average molecular weight is 461 g/mol. The number of rotatable bonds is 7. The number of ether oxygens (including phenoxy) is 1. The van der Waals surface area contributed by atoms with Crippen LogP contribution >= 0.6 is 24.0 Å². The van der Waals surface area contributed by atoms with Gasteiger partial charge in [0.15, 0.2) is 5.96 Å². The number of anilines is 1. The molecular formula is C18H32IN5O. The van der Waals surface area contributed by atoms with E-state index in [4.69, 9.17) is 10.5 Å². The molecule has 0 bridgehead atoms. The van der Waals surface area contributed by atoms with Gasteiger partial charge in [0.1, 0.15) is 0 Å². The maximum Gasteiger partial charge on any atom is 0.188 e. The van der Waals surface area contributed by atoms with Gasteiger partial charge in [-0.15, -0.1) is 24.0 Å². The number of guanidine groups is 1. The molecule has 0 radical (unpaired) electrons. The lowest BCUT2D eigenvalue weighted by atomic mass is 10.1. The molecule has 0 aromatic heterocycles. The third-order valence-electron chi connectivity index (χ3n) is 4.20. The maximum atomic E-state index is 5.99. The molecule has 0 amide bonds. The summed E-state index contributed by atoms with van der Waals surface area (Å²) < 4.78 is 5.35. The quantitative estimate of drug-likeness (QED) is 0.281. The van der Waals surface area contributed by atoms with Gasteiger partial charge >= 0.3 is 0 Å². The molecule has 6 nitrogen and oxygen atoms in total. The van der Waals surface area contributed by atoms with Gasteiger partial charge in [0.05, 0.1) is 19.8 Å². The second kappa shape index (κ2) is 11.5. The van der Waals surface area contributed by atoms with Crippen LogP contribution in [0.3, 0.4) is 0 Å². The summed E-state index contributed by atoms with van der Waals surface area (Å²) in [5, 5.41) is 3.21. The summed E-state index contributed by atoms with van der Waals surface area (Å²) in [6.45, 7) is 8.38. The Morgan fingerprint density at radius 1 is 1.32 bits per heavy atom. The van der Waals surface area contributed by atoms with Crippen molar-refractivity contribution < 1.29 is 4.74 Å². The zero-order chi connectivity index (χ0) is 17.4. The molecule has 0 unspecified atom stereocenters. The number of nitrogens with one attached hydrogen (secondary N) is 1. The van der Waals surface area contributed by atoms with Crippen LogP contribution in [0.15, 0.2) is 23.2 Å². The molecule has 7 heteroatoms. The topological polar surface area (TPSA) is 66.1 Å².